The lowest BCUT2D eigenvalue weighted by Crippen LogP contribution is -2.00. The van der Waals surface area contributed by atoms with Gasteiger partial charge < -0.3 is 24.5 Å². The van der Waals surface area contributed by atoms with Crippen molar-refractivity contribution in [3.05, 3.63) is 52.9 Å². The monoisotopic (exact) mass is 466 g/mol. The lowest BCUT2D eigenvalue weighted by Gasteiger charge is -2.14. The van der Waals surface area contributed by atoms with E-state index in [-0.39, 0.29) is 16.4 Å². The summed E-state index contributed by atoms with van der Waals surface area (Å²) < 4.78 is 32.2. The van der Waals surface area contributed by atoms with E-state index in [1.165, 1.54) is 25.3 Å². The third kappa shape index (κ3) is 3.56. The molecule has 0 spiro atoms. The van der Waals surface area contributed by atoms with E-state index in [1.807, 2.05) is 23.9 Å². The van der Waals surface area contributed by atoms with Crippen molar-refractivity contribution in [3.8, 4) is 45.7 Å². The van der Waals surface area contributed by atoms with Crippen LogP contribution in [0.3, 0.4) is 0 Å². The Bertz CT molecular complexity index is 1440. The number of pyridine rings is 1. The second-order valence-electron chi connectivity index (χ2n) is 7.25. The Balaban J connectivity index is 2.05. The first kappa shape index (κ1) is 22.2. The fraction of sp³-hybridized carbons (Fsp3) is 0.167. The Morgan fingerprint density at radius 2 is 1.76 bits per heavy atom. The Kier molecular flexibility index (Phi) is 5.75. The van der Waals surface area contributed by atoms with Gasteiger partial charge in [0.15, 0.2) is 11.5 Å². The predicted molar refractivity (Wildman–Crippen MR) is 125 cm³/mol. The van der Waals surface area contributed by atoms with E-state index in [4.69, 9.17) is 31.5 Å². The van der Waals surface area contributed by atoms with Crippen LogP contribution >= 0.6 is 11.6 Å². The molecule has 4 aromatic rings. The third-order valence-corrected chi connectivity index (χ3v) is 5.74. The molecular weight excluding hydrogens is 447 g/mol. The van der Waals surface area contributed by atoms with E-state index < -0.39 is 5.82 Å². The third-order valence-electron chi connectivity index (χ3n) is 5.43. The normalized spacial score (nSPS) is 10.8. The van der Waals surface area contributed by atoms with Crippen molar-refractivity contribution in [3.63, 3.8) is 0 Å². The molecule has 0 saturated carbocycles. The molecule has 0 atom stereocenters. The number of fused-ring (bicyclic) bond motifs is 1. The number of aryl methyl sites for hydroxylation is 1. The molecule has 0 aliphatic heterocycles. The van der Waals surface area contributed by atoms with Gasteiger partial charge in [0.1, 0.15) is 23.3 Å². The molecule has 0 radical (unpaired) electrons. The number of halogens is 2. The fourth-order valence-corrected chi connectivity index (χ4v) is 4.24. The van der Waals surface area contributed by atoms with Gasteiger partial charge in [-0.05, 0) is 30.3 Å². The quantitative estimate of drug-likeness (QED) is 0.435. The molecule has 2 aromatic carbocycles. The Hall–Kier alpha value is -3.96. The van der Waals surface area contributed by atoms with Crippen LogP contribution in [0.15, 0.2) is 36.5 Å². The standard InChI is InChI=1S/C24H20ClFN4O3/c1-30-11-17(15-9-20(31-2)22(32-3)23(33-4)21(15)30)19-8-14(16(10-27)24(28)29-19)13-6-5-12(26)7-18(13)25/h5-9,11H,1-4H3,(H2,28,29). The zero-order chi connectivity index (χ0) is 23.9. The van der Waals surface area contributed by atoms with Crippen molar-refractivity contribution in [2.75, 3.05) is 27.1 Å². The van der Waals surface area contributed by atoms with Crippen LogP contribution in [0.1, 0.15) is 5.56 Å². The zero-order valence-corrected chi connectivity index (χ0v) is 19.1. The first-order valence-corrected chi connectivity index (χ1v) is 10.2. The van der Waals surface area contributed by atoms with Crippen molar-refractivity contribution in [2.45, 2.75) is 0 Å². The van der Waals surface area contributed by atoms with Crippen molar-refractivity contribution in [1.82, 2.24) is 9.55 Å². The average Bonchev–Trinajstić information content (AvgIpc) is 3.13. The first-order valence-electron chi connectivity index (χ1n) is 9.79. The minimum atomic E-state index is -0.480. The van der Waals surface area contributed by atoms with Crippen molar-refractivity contribution >= 4 is 28.3 Å². The number of hydrogen-bond donors (Lipinski definition) is 1. The molecule has 7 nitrogen and oxygen atoms in total. The summed E-state index contributed by atoms with van der Waals surface area (Å²) in [5, 5.41) is 10.6. The number of nitrogen functional groups attached to an aromatic ring is 1. The van der Waals surface area contributed by atoms with Crippen LogP contribution in [-0.4, -0.2) is 30.9 Å². The van der Waals surface area contributed by atoms with E-state index in [2.05, 4.69) is 11.1 Å². The summed E-state index contributed by atoms with van der Waals surface area (Å²) in [4.78, 5) is 4.48. The molecule has 0 bridgehead atoms. The SMILES string of the molecule is COc1cc2c(-c3cc(-c4ccc(F)cc4Cl)c(C#N)c(N)n3)cn(C)c2c(OC)c1OC. The van der Waals surface area contributed by atoms with Crippen molar-refractivity contribution in [2.24, 2.45) is 7.05 Å². The lowest BCUT2D eigenvalue weighted by molar-refractivity contribution is 0.326. The molecule has 0 aliphatic rings. The van der Waals surface area contributed by atoms with Crippen molar-refractivity contribution in [1.29, 1.82) is 5.26 Å². The molecule has 0 aliphatic carbocycles. The topological polar surface area (TPSA) is 95.3 Å². The smallest absolute Gasteiger partial charge is 0.205 e. The van der Waals surface area contributed by atoms with E-state index in [1.54, 1.807) is 20.3 Å². The second-order valence-corrected chi connectivity index (χ2v) is 7.65. The van der Waals surface area contributed by atoms with Crippen LogP contribution < -0.4 is 19.9 Å². The van der Waals surface area contributed by atoms with Gasteiger partial charge in [-0.2, -0.15) is 5.26 Å². The highest BCUT2D eigenvalue weighted by Crippen LogP contribution is 2.47. The van der Waals surface area contributed by atoms with Gasteiger partial charge >= 0.3 is 0 Å². The summed E-state index contributed by atoms with van der Waals surface area (Å²) >= 11 is 6.29. The van der Waals surface area contributed by atoms with Gasteiger partial charge in [0.05, 0.1) is 37.6 Å². The number of nitrogens with zero attached hydrogens (tertiary/aromatic N) is 3. The second kappa shape index (κ2) is 8.52. The predicted octanol–water partition coefficient (Wildman–Crippen LogP) is 5.18. The van der Waals surface area contributed by atoms with Gasteiger partial charge in [-0.3, -0.25) is 0 Å². The number of methoxy groups -OCH3 is 3. The molecule has 9 heteroatoms. The van der Waals surface area contributed by atoms with E-state index in [0.717, 1.165) is 16.5 Å². The molecule has 0 fully saturated rings. The summed E-state index contributed by atoms with van der Waals surface area (Å²) in [5.41, 5.74) is 9.24. The van der Waals surface area contributed by atoms with Gasteiger partial charge in [-0.1, -0.05) is 11.6 Å². The van der Waals surface area contributed by atoms with Crippen LogP contribution in [0.5, 0.6) is 17.2 Å². The molecule has 0 amide bonds. The summed E-state index contributed by atoms with van der Waals surface area (Å²) in [7, 11) is 6.50. The highest BCUT2D eigenvalue weighted by atomic mass is 35.5. The van der Waals surface area contributed by atoms with E-state index >= 15 is 0 Å². The molecule has 0 unspecified atom stereocenters. The number of hydrogen-bond acceptors (Lipinski definition) is 6. The number of benzene rings is 2. The fourth-order valence-electron chi connectivity index (χ4n) is 3.97. The van der Waals surface area contributed by atoms with Crippen LogP contribution in [0, 0.1) is 17.1 Å². The van der Waals surface area contributed by atoms with Crippen LogP contribution in [0.2, 0.25) is 5.02 Å². The van der Waals surface area contributed by atoms with Gasteiger partial charge in [0.25, 0.3) is 0 Å². The van der Waals surface area contributed by atoms with Gasteiger partial charge in [-0.15, -0.1) is 0 Å². The molecule has 168 valence electrons. The maximum absolute atomic E-state index is 13.6. The Morgan fingerprint density at radius 3 is 2.36 bits per heavy atom. The van der Waals surface area contributed by atoms with Gasteiger partial charge in [0.2, 0.25) is 5.75 Å². The van der Waals surface area contributed by atoms with Gasteiger partial charge in [-0.25, -0.2) is 9.37 Å². The molecule has 2 heterocycles. The summed E-state index contributed by atoms with van der Waals surface area (Å²) in [5.74, 6) is 1.01. The maximum Gasteiger partial charge on any atom is 0.205 e. The number of aromatic nitrogens is 2. The highest BCUT2D eigenvalue weighted by molar-refractivity contribution is 6.33. The van der Waals surface area contributed by atoms with E-state index in [0.29, 0.717) is 34.1 Å². The summed E-state index contributed by atoms with van der Waals surface area (Å²) in [6.07, 6.45) is 1.87. The van der Waals surface area contributed by atoms with E-state index in [9.17, 15) is 9.65 Å². The number of rotatable bonds is 5. The largest absolute Gasteiger partial charge is 0.493 e. The number of nitriles is 1. The Morgan fingerprint density at radius 1 is 1.03 bits per heavy atom. The molecule has 33 heavy (non-hydrogen) atoms. The molecule has 2 N–H and O–H groups in total. The average molecular weight is 467 g/mol. The first-order chi connectivity index (χ1) is 15.8. The molecule has 4 rings (SSSR count). The van der Waals surface area contributed by atoms with Crippen LogP contribution in [0.25, 0.3) is 33.3 Å². The number of anilines is 1. The summed E-state index contributed by atoms with van der Waals surface area (Å²) in [6, 6.07) is 9.59. The van der Waals surface area contributed by atoms with Crippen molar-refractivity contribution < 1.29 is 18.6 Å². The minimum Gasteiger partial charge on any atom is -0.493 e. The zero-order valence-electron chi connectivity index (χ0n) is 18.4. The van der Waals surface area contributed by atoms with Crippen LogP contribution in [-0.2, 0) is 7.05 Å². The lowest BCUT2D eigenvalue weighted by atomic mass is 9.98. The maximum atomic E-state index is 13.6. The number of ether oxygens (including phenoxy) is 3. The van der Waals surface area contributed by atoms with Crippen LogP contribution in [0.4, 0.5) is 10.2 Å². The molecule has 2 aromatic heterocycles. The minimum absolute atomic E-state index is 0.0369. The highest BCUT2D eigenvalue weighted by Gasteiger charge is 2.23. The number of nitrogens with two attached hydrogens (primary N) is 1. The van der Waals surface area contributed by atoms with Gasteiger partial charge in [0, 0.05) is 35.3 Å². The Labute approximate surface area is 194 Å². The molecule has 0 saturated heterocycles. The summed E-state index contributed by atoms with van der Waals surface area (Å²) in [6.45, 7) is 0. The molecular formula is C24H20ClFN4O3.